The van der Waals surface area contributed by atoms with Crippen LogP contribution in [0.2, 0.25) is 0 Å². The number of likely N-dealkylation sites (N-methyl/N-ethyl adjacent to an activating group) is 1. The maximum absolute atomic E-state index is 2.59. The van der Waals surface area contributed by atoms with Crippen molar-refractivity contribution in [1.82, 2.24) is 9.80 Å². The molecule has 0 radical (unpaired) electrons. The molecule has 0 atom stereocenters. The largest absolute Gasteiger partial charge is 0.368 e. The number of piperazine rings is 1. The summed E-state index contributed by atoms with van der Waals surface area (Å²) in [6, 6.07) is 15.9. The molecule has 2 aromatic carbocycles. The van der Waals surface area contributed by atoms with Gasteiger partial charge in [-0.3, -0.25) is 0 Å². The zero-order valence-electron chi connectivity index (χ0n) is 16.3. The number of hydrogen-bond acceptors (Lipinski definition) is 4. The smallest absolute Gasteiger partial charge is 0.0459 e. The van der Waals surface area contributed by atoms with Crippen molar-refractivity contribution in [3.8, 4) is 0 Å². The molecule has 0 spiro atoms. The van der Waals surface area contributed by atoms with Crippen LogP contribution >= 0.6 is 23.5 Å². The number of rotatable bonds is 5. The summed E-state index contributed by atoms with van der Waals surface area (Å²) >= 11 is 3.90. The zero-order chi connectivity index (χ0) is 18.6. The molecule has 0 unspecified atom stereocenters. The maximum Gasteiger partial charge on any atom is 0.0459 e. The lowest BCUT2D eigenvalue weighted by Crippen LogP contribution is -2.43. The van der Waals surface area contributed by atoms with Gasteiger partial charge in [-0.15, -0.1) is 11.8 Å². The summed E-state index contributed by atoms with van der Waals surface area (Å²) in [6.45, 7) is 6.72. The van der Waals surface area contributed by atoms with E-state index in [2.05, 4.69) is 72.3 Å². The van der Waals surface area contributed by atoms with Gasteiger partial charge in [0.1, 0.15) is 0 Å². The van der Waals surface area contributed by atoms with Gasteiger partial charge in [0.05, 0.1) is 0 Å². The van der Waals surface area contributed by atoms with Crippen LogP contribution in [0.5, 0.6) is 0 Å². The topological polar surface area (TPSA) is 6.48 Å². The first-order valence-electron chi connectivity index (χ1n) is 9.94. The fourth-order valence-electron chi connectivity index (χ4n) is 3.57. The van der Waals surface area contributed by atoms with Crippen molar-refractivity contribution >= 4 is 35.3 Å². The fourth-order valence-corrected chi connectivity index (χ4v) is 5.64. The number of thioether (sulfide) groups is 1. The van der Waals surface area contributed by atoms with Gasteiger partial charge < -0.3 is 9.80 Å². The van der Waals surface area contributed by atoms with Crippen LogP contribution in [0.4, 0.5) is 0 Å². The lowest BCUT2D eigenvalue weighted by atomic mass is 10.1. The Labute approximate surface area is 172 Å². The standard InChI is InChI=1S/C23H28N2S2/c1-3-4-15-26-19-9-10-23-20(17-19)21(25-13-11-24(2)12-14-25)16-18-7-5-6-8-22(18)27-23/h5-10,16-17H,3-4,11-15H2,1-2H3. The van der Waals surface area contributed by atoms with Crippen molar-refractivity contribution in [2.45, 2.75) is 34.5 Å². The van der Waals surface area contributed by atoms with Crippen LogP contribution in [-0.2, 0) is 0 Å². The molecule has 1 fully saturated rings. The lowest BCUT2D eigenvalue weighted by molar-refractivity contribution is 0.207. The summed E-state index contributed by atoms with van der Waals surface area (Å²) in [7, 11) is 2.22. The Kier molecular flexibility index (Phi) is 6.16. The molecule has 2 nitrogen and oxygen atoms in total. The van der Waals surface area contributed by atoms with E-state index in [1.54, 1.807) is 0 Å². The minimum atomic E-state index is 1.10. The Morgan fingerprint density at radius 2 is 1.81 bits per heavy atom. The molecule has 2 aliphatic rings. The first kappa shape index (κ1) is 19.0. The molecule has 27 heavy (non-hydrogen) atoms. The molecule has 0 aromatic heterocycles. The summed E-state index contributed by atoms with van der Waals surface area (Å²) < 4.78 is 0. The number of unbranched alkanes of at least 4 members (excludes halogenated alkanes) is 1. The minimum Gasteiger partial charge on any atom is -0.368 e. The van der Waals surface area contributed by atoms with Gasteiger partial charge in [-0.1, -0.05) is 43.3 Å². The lowest BCUT2D eigenvalue weighted by Gasteiger charge is -2.36. The third kappa shape index (κ3) is 4.39. The molecule has 0 amide bonds. The molecule has 0 saturated carbocycles. The average molecular weight is 397 g/mol. The van der Waals surface area contributed by atoms with Crippen LogP contribution in [-0.4, -0.2) is 48.8 Å². The molecule has 0 aliphatic carbocycles. The molecule has 2 heterocycles. The van der Waals surface area contributed by atoms with Crippen LogP contribution in [0.3, 0.4) is 0 Å². The highest BCUT2D eigenvalue weighted by molar-refractivity contribution is 7.99. The Balaban J connectivity index is 1.72. The highest BCUT2D eigenvalue weighted by Gasteiger charge is 2.23. The second-order valence-corrected chi connectivity index (χ2v) is 9.57. The molecule has 2 aliphatic heterocycles. The Hall–Kier alpha value is -1.36. The van der Waals surface area contributed by atoms with E-state index in [1.165, 1.54) is 50.1 Å². The molecular formula is C23H28N2S2. The van der Waals surface area contributed by atoms with Crippen molar-refractivity contribution < 1.29 is 0 Å². The quantitative estimate of drug-likeness (QED) is 0.466. The van der Waals surface area contributed by atoms with Gasteiger partial charge in [0, 0.05) is 52.1 Å². The SMILES string of the molecule is CCCCSc1ccc2c(c1)C(N1CCN(C)CC1)=Cc1ccccc1S2. The second-order valence-electron chi connectivity index (χ2n) is 7.32. The highest BCUT2D eigenvalue weighted by Crippen LogP contribution is 2.43. The zero-order valence-corrected chi connectivity index (χ0v) is 17.9. The van der Waals surface area contributed by atoms with Crippen LogP contribution < -0.4 is 0 Å². The van der Waals surface area contributed by atoms with Gasteiger partial charge in [-0.05, 0) is 55.1 Å². The summed E-state index contributed by atoms with van der Waals surface area (Å²) in [5.41, 5.74) is 4.14. The Bertz CT molecular complexity index is 823. The van der Waals surface area contributed by atoms with E-state index in [0.29, 0.717) is 0 Å². The van der Waals surface area contributed by atoms with Gasteiger partial charge in [-0.25, -0.2) is 0 Å². The van der Waals surface area contributed by atoms with Gasteiger partial charge in [0.25, 0.3) is 0 Å². The third-order valence-corrected chi connectivity index (χ3v) is 7.52. The Morgan fingerprint density at radius 3 is 2.63 bits per heavy atom. The predicted molar refractivity (Wildman–Crippen MR) is 120 cm³/mol. The van der Waals surface area contributed by atoms with E-state index in [1.807, 2.05) is 23.5 Å². The molecule has 0 N–H and O–H groups in total. The van der Waals surface area contributed by atoms with Crippen LogP contribution in [0.25, 0.3) is 11.8 Å². The molecular weight excluding hydrogens is 368 g/mol. The van der Waals surface area contributed by atoms with Gasteiger partial charge in [0.2, 0.25) is 0 Å². The number of nitrogens with zero attached hydrogens (tertiary/aromatic N) is 2. The van der Waals surface area contributed by atoms with E-state index in [0.717, 1.165) is 26.2 Å². The third-order valence-electron chi connectivity index (χ3n) is 5.27. The van der Waals surface area contributed by atoms with E-state index in [-0.39, 0.29) is 0 Å². The second kappa shape index (κ2) is 8.76. The van der Waals surface area contributed by atoms with E-state index >= 15 is 0 Å². The molecule has 142 valence electrons. The van der Waals surface area contributed by atoms with E-state index in [4.69, 9.17) is 0 Å². The number of benzene rings is 2. The van der Waals surface area contributed by atoms with Gasteiger partial charge >= 0.3 is 0 Å². The first-order chi connectivity index (χ1) is 13.2. The van der Waals surface area contributed by atoms with E-state index in [9.17, 15) is 0 Å². The molecule has 2 aromatic rings. The number of fused-ring (bicyclic) bond motifs is 2. The van der Waals surface area contributed by atoms with Crippen LogP contribution in [0, 0.1) is 0 Å². The summed E-state index contributed by atoms with van der Waals surface area (Å²) in [4.78, 5) is 9.14. The van der Waals surface area contributed by atoms with Crippen LogP contribution in [0.15, 0.2) is 57.2 Å². The monoisotopic (exact) mass is 396 g/mol. The average Bonchev–Trinajstić information content (AvgIpc) is 2.85. The summed E-state index contributed by atoms with van der Waals surface area (Å²) in [5.74, 6) is 1.20. The predicted octanol–water partition coefficient (Wildman–Crippen LogP) is 5.79. The molecule has 0 bridgehead atoms. The Morgan fingerprint density at radius 1 is 1.00 bits per heavy atom. The van der Waals surface area contributed by atoms with Gasteiger partial charge in [-0.2, -0.15) is 0 Å². The van der Waals surface area contributed by atoms with Crippen LogP contribution in [0.1, 0.15) is 30.9 Å². The van der Waals surface area contributed by atoms with Crippen molar-refractivity contribution in [3.63, 3.8) is 0 Å². The molecule has 4 heteroatoms. The number of hydrogen-bond donors (Lipinski definition) is 0. The fraction of sp³-hybridized carbons (Fsp3) is 0.391. The van der Waals surface area contributed by atoms with E-state index < -0.39 is 0 Å². The summed E-state index contributed by atoms with van der Waals surface area (Å²) in [6.07, 6.45) is 4.96. The minimum absolute atomic E-state index is 1.10. The first-order valence-corrected chi connectivity index (χ1v) is 11.7. The molecule has 1 saturated heterocycles. The van der Waals surface area contributed by atoms with Gasteiger partial charge in [0.15, 0.2) is 0 Å². The van der Waals surface area contributed by atoms with Crippen molar-refractivity contribution in [3.05, 3.63) is 53.6 Å². The normalized spacial score (nSPS) is 17.1. The molecule has 4 rings (SSSR count). The summed E-state index contributed by atoms with van der Waals surface area (Å²) in [5, 5.41) is 0. The van der Waals surface area contributed by atoms with Crippen molar-refractivity contribution in [1.29, 1.82) is 0 Å². The van der Waals surface area contributed by atoms with Crippen molar-refractivity contribution in [2.75, 3.05) is 39.0 Å². The maximum atomic E-state index is 2.59. The van der Waals surface area contributed by atoms with Crippen molar-refractivity contribution in [2.24, 2.45) is 0 Å². The highest BCUT2D eigenvalue weighted by atomic mass is 32.2.